The zero-order valence-electron chi connectivity index (χ0n) is 34.6. The molecule has 0 bridgehead atoms. The summed E-state index contributed by atoms with van der Waals surface area (Å²) in [5, 5.41) is 12.6. The molecule has 0 fully saturated rings. The maximum atomic E-state index is 2.37. The minimum absolute atomic E-state index is 1.09. The van der Waals surface area contributed by atoms with Crippen LogP contribution in [0.4, 0.5) is 17.1 Å². The third-order valence-electron chi connectivity index (χ3n) is 12.8. The molecule has 0 saturated heterocycles. The maximum Gasteiger partial charge on any atom is 0.0462 e. The molecule has 0 radical (unpaired) electrons. The van der Waals surface area contributed by atoms with Gasteiger partial charge in [0.2, 0.25) is 0 Å². The Morgan fingerprint density at radius 2 is 0.571 bits per heavy atom. The predicted octanol–water partition coefficient (Wildman–Crippen LogP) is 17.6. The fourth-order valence-electron chi connectivity index (χ4n) is 9.74. The van der Waals surface area contributed by atoms with Gasteiger partial charge in [0, 0.05) is 17.1 Å². The number of hydrogen-bond donors (Lipinski definition) is 0. The van der Waals surface area contributed by atoms with Gasteiger partial charge < -0.3 is 4.90 Å². The molecule has 0 aliphatic carbocycles. The SMILES string of the molecule is c1ccc(-c2cc3ccccc3c3ccccc23)c(-c2ccc(N(c3ccc(-c4ccc5ccccc5c4)cc3)c3ccc(-c4cc5ccccc5c5ccccc45)cc3)cc2)c1. The monoisotopic (exact) mass is 799 g/mol. The molecule has 63 heavy (non-hydrogen) atoms. The first kappa shape index (κ1) is 36.6. The smallest absolute Gasteiger partial charge is 0.0462 e. The van der Waals surface area contributed by atoms with Crippen molar-refractivity contribution >= 4 is 70.9 Å². The number of anilines is 3. The van der Waals surface area contributed by atoms with Crippen LogP contribution >= 0.6 is 0 Å². The highest BCUT2D eigenvalue weighted by molar-refractivity contribution is 6.15. The summed E-state index contributed by atoms with van der Waals surface area (Å²) in [4.78, 5) is 2.37. The van der Waals surface area contributed by atoms with Crippen molar-refractivity contribution in [3.05, 3.63) is 249 Å². The van der Waals surface area contributed by atoms with Crippen LogP contribution in [0.15, 0.2) is 249 Å². The summed E-state index contributed by atoms with van der Waals surface area (Å²) in [6.07, 6.45) is 0. The molecular weight excluding hydrogens is 759 g/mol. The van der Waals surface area contributed by atoms with E-state index in [9.17, 15) is 0 Å². The lowest BCUT2D eigenvalue weighted by atomic mass is 9.89. The molecule has 294 valence electrons. The number of hydrogen-bond acceptors (Lipinski definition) is 1. The van der Waals surface area contributed by atoms with E-state index in [1.54, 1.807) is 0 Å². The van der Waals surface area contributed by atoms with Crippen molar-refractivity contribution in [3.8, 4) is 44.5 Å². The van der Waals surface area contributed by atoms with Gasteiger partial charge in [0.25, 0.3) is 0 Å². The molecule has 0 atom stereocenters. The quantitative estimate of drug-likeness (QED) is 0.145. The topological polar surface area (TPSA) is 3.24 Å². The van der Waals surface area contributed by atoms with E-state index in [1.165, 1.54) is 98.4 Å². The second-order valence-electron chi connectivity index (χ2n) is 16.5. The molecule has 12 rings (SSSR count). The molecule has 0 unspecified atom stereocenters. The molecule has 0 aliphatic heterocycles. The van der Waals surface area contributed by atoms with E-state index in [4.69, 9.17) is 0 Å². The van der Waals surface area contributed by atoms with Crippen molar-refractivity contribution in [1.29, 1.82) is 0 Å². The van der Waals surface area contributed by atoms with E-state index in [1.807, 2.05) is 0 Å². The summed E-state index contributed by atoms with van der Waals surface area (Å²) in [7, 11) is 0. The summed E-state index contributed by atoms with van der Waals surface area (Å²) < 4.78 is 0. The first-order valence-electron chi connectivity index (χ1n) is 21.7. The van der Waals surface area contributed by atoms with Crippen LogP contribution in [0.5, 0.6) is 0 Å². The first-order valence-corrected chi connectivity index (χ1v) is 21.7. The van der Waals surface area contributed by atoms with Gasteiger partial charge in [-0.3, -0.25) is 0 Å². The fraction of sp³-hybridized carbons (Fsp3) is 0. The lowest BCUT2D eigenvalue weighted by molar-refractivity contribution is 1.28. The summed E-state index contributed by atoms with van der Waals surface area (Å²) >= 11 is 0. The minimum atomic E-state index is 1.09. The average molecular weight is 800 g/mol. The van der Waals surface area contributed by atoms with Gasteiger partial charge in [-0.2, -0.15) is 0 Å². The Bertz CT molecular complexity index is 3660. The van der Waals surface area contributed by atoms with Gasteiger partial charge in [0.05, 0.1) is 0 Å². The molecule has 12 aromatic carbocycles. The molecular formula is C62H41N. The molecule has 12 aromatic rings. The van der Waals surface area contributed by atoms with Crippen molar-refractivity contribution in [2.24, 2.45) is 0 Å². The molecule has 0 amide bonds. The standard InChI is InChI=1S/C62H41N/c1-2-14-46-39-47(26-25-42(46)13-1)43-27-33-50(34-28-43)63(52-37-31-45(32-38-52)61-40-48-15-3-5-18-54(48)56-20-9-11-23-59(56)61)51-35-29-44(30-36-51)53-17-7-8-22-58(53)62-41-49-16-4-6-19-55(49)57-21-10-12-24-60(57)62/h1-41H. The van der Waals surface area contributed by atoms with Crippen LogP contribution in [0.2, 0.25) is 0 Å². The normalized spacial score (nSPS) is 11.5. The molecule has 0 spiro atoms. The summed E-state index contributed by atoms with van der Waals surface area (Å²) in [6, 6.07) is 91.0. The lowest BCUT2D eigenvalue weighted by Gasteiger charge is -2.26. The van der Waals surface area contributed by atoms with Crippen LogP contribution in [0.3, 0.4) is 0 Å². The number of nitrogens with zero attached hydrogens (tertiary/aromatic N) is 1. The highest BCUT2D eigenvalue weighted by atomic mass is 15.1. The van der Waals surface area contributed by atoms with Gasteiger partial charge in [0.15, 0.2) is 0 Å². The second-order valence-corrected chi connectivity index (χ2v) is 16.5. The Balaban J connectivity index is 0.956. The third-order valence-corrected chi connectivity index (χ3v) is 12.8. The summed E-state index contributed by atoms with van der Waals surface area (Å²) in [6.45, 7) is 0. The first-order chi connectivity index (χ1) is 31.2. The molecule has 0 heterocycles. The van der Waals surface area contributed by atoms with Crippen LogP contribution in [0, 0.1) is 0 Å². The second kappa shape index (κ2) is 15.3. The van der Waals surface area contributed by atoms with E-state index in [-0.39, 0.29) is 0 Å². The Morgan fingerprint density at radius 3 is 1.14 bits per heavy atom. The molecule has 1 heteroatoms. The van der Waals surface area contributed by atoms with Crippen LogP contribution in [-0.4, -0.2) is 0 Å². The average Bonchev–Trinajstić information content (AvgIpc) is 3.36. The molecule has 0 saturated carbocycles. The Labute approximate surface area is 367 Å². The Hall–Kier alpha value is -8.26. The van der Waals surface area contributed by atoms with Crippen LogP contribution in [0.25, 0.3) is 98.4 Å². The number of fused-ring (bicyclic) bond motifs is 7. The summed E-state index contributed by atoms with van der Waals surface area (Å²) in [5.41, 5.74) is 13.0. The Kier molecular flexibility index (Phi) is 8.90. The van der Waals surface area contributed by atoms with Crippen molar-refractivity contribution in [2.45, 2.75) is 0 Å². The van der Waals surface area contributed by atoms with Crippen molar-refractivity contribution in [1.82, 2.24) is 0 Å². The van der Waals surface area contributed by atoms with Gasteiger partial charge in [-0.1, -0.05) is 194 Å². The number of rotatable bonds is 7. The molecule has 0 aliphatic rings. The third kappa shape index (κ3) is 6.50. The summed E-state index contributed by atoms with van der Waals surface area (Å²) in [5.74, 6) is 0. The zero-order valence-corrected chi connectivity index (χ0v) is 34.6. The van der Waals surface area contributed by atoms with Gasteiger partial charge in [-0.25, -0.2) is 0 Å². The van der Waals surface area contributed by atoms with E-state index >= 15 is 0 Å². The van der Waals surface area contributed by atoms with Crippen molar-refractivity contribution in [2.75, 3.05) is 4.90 Å². The highest BCUT2D eigenvalue weighted by Crippen LogP contribution is 2.43. The van der Waals surface area contributed by atoms with Crippen LogP contribution in [0.1, 0.15) is 0 Å². The molecule has 0 N–H and O–H groups in total. The molecule has 1 nitrogen and oxygen atoms in total. The van der Waals surface area contributed by atoms with Crippen molar-refractivity contribution < 1.29 is 0 Å². The lowest BCUT2D eigenvalue weighted by Crippen LogP contribution is -2.09. The minimum Gasteiger partial charge on any atom is -0.311 e. The maximum absolute atomic E-state index is 2.37. The number of benzene rings is 12. The zero-order chi connectivity index (χ0) is 41.7. The van der Waals surface area contributed by atoms with Gasteiger partial charge in [-0.05, 0) is 153 Å². The van der Waals surface area contributed by atoms with E-state index in [2.05, 4.69) is 254 Å². The fourth-order valence-corrected chi connectivity index (χ4v) is 9.74. The van der Waals surface area contributed by atoms with Crippen LogP contribution in [-0.2, 0) is 0 Å². The van der Waals surface area contributed by atoms with E-state index in [0.29, 0.717) is 0 Å². The highest BCUT2D eigenvalue weighted by Gasteiger charge is 2.17. The van der Waals surface area contributed by atoms with Crippen molar-refractivity contribution in [3.63, 3.8) is 0 Å². The Morgan fingerprint density at radius 1 is 0.190 bits per heavy atom. The van der Waals surface area contributed by atoms with Gasteiger partial charge in [-0.15, -0.1) is 0 Å². The largest absolute Gasteiger partial charge is 0.311 e. The van der Waals surface area contributed by atoms with E-state index in [0.717, 1.165) is 17.1 Å². The van der Waals surface area contributed by atoms with Gasteiger partial charge >= 0.3 is 0 Å². The van der Waals surface area contributed by atoms with Gasteiger partial charge in [0.1, 0.15) is 0 Å². The molecule has 0 aromatic heterocycles. The van der Waals surface area contributed by atoms with Crippen LogP contribution < -0.4 is 4.90 Å². The van der Waals surface area contributed by atoms with E-state index < -0.39 is 0 Å². The predicted molar refractivity (Wildman–Crippen MR) is 270 cm³/mol.